The van der Waals surface area contributed by atoms with E-state index in [0.29, 0.717) is 18.0 Å². The third-order valence-electron chi connectivity index (χ3n) is 6.28. The third kappa shape index (κ3) is 6.63. The van der Waals surface area contributed by atoms with Crippen LogP contribution in [0.2, 0.25) is 0 Å². The zero-order valence-corrected chi connectivity index (χ0v) is 25.2. The van der Waals surface area contributed by atoms with Crippen LogP contribution in [-0.4, -0.2) is 38.3 Å². The molecule has 3 aromatic carbocycles. The maximum Gasteiger partial charge on any atom is 0.264 e. The van der Waals surface area contributed by atoms with Gasteiger partial charge in [-0.15, -0.1) is 0 Å². The van der Waals surface area contributed by atoms with Crippen molar-refractivity contribution in [2.45, 2.75) is 32.6 Å². The number of nitrogens with one attached hydrogen (secondary N) is 1. The van der Waals surface area contributed by atoms with Crippen LogP contribution in [0, 0.1) is 20.8 Å². The molecule has 10 heteroatoms. The highest BCUT2D eigenvalue weighted by Gasteiger charge is 2.27. The molecule has 0 unspecified atom stereocenters. The number of aryl methyl sites for hydroxylation is 2. The van der Waals surface area contributed by atoms with E-state index in [0.717, 1.165) is 37.0 Å². The normalized spacial score (nSPS) is 11.5. The summed E-state index contributed by atoms with van der Waals surface area (Å²) in [6.45, 7) is 7.75. The number of sulfonamides is 1. The molecular formula is C30H31BrN4O4S. The molecule has 0 radical (unpaired) electrons. The molecule has 0 saturated carbocycles. The van der Waals surface area contributed by atoms with Gasteiger partial charge in [-0.2, -0.15) is 5.10 Å². The topological polar surface area (TPSA) is 93.0 Å². The third-order valence-corrected chi connectivity index (χ3v) is 8.60. The van der Waals surface area contributed by atoms with E-state index in [9.17, 15) is 13.2 Å². The van der Waals surface area contributed by atoms with Crippen molar-refractivity contribution in [2.24, 2.45) is 5.10 Å². The van der Waals surface area contributed by atoms with Crippen molar-refractivity contribution < 1.29 is 17.9 Å². The van der Waals surface area contributed by atoms with Gasteiger partial charge in [-0.05, 0) is 94.4 Å². The Balaban J connectivity index is 1.54. The first-order valence-electron chi connectivity index (χ1n) is 12.7. The van der Waals surface area contributed by atoms with Crippen LogP contribution < -0.4 is 14.5 Å². The maximum atomic E-state index is 13.6. The fraction of sp³-hybridized carbons (Fsp3) is 0.200. The Morgan fingerprint density at radius 2 is 1.65 bits per heavy atom. The van der Waals surface area contributed by atoms with Crippen LogP contribution in [0.25, 0.3) is 5.69 Å². The van der Waals surface area contributed by atoms with E-state index in [1.54, 1.807) is 42.6 Å². The van der Waals surface area contributed by atoms with E-state index in [1.807, 2.05) is 58.0 Å². The van der Waals surface area contributed by atoms with E-state index in [2.05, 4.69) is 31.0 Å². The van der Waals surface area contributed by atoms with Crippen LogP contribution in [0.15, 0.2) is 93.3 Å². The molecule has 1 heterocycles. The number of rotatable bonds is 10. The second-order valence-corrected chi connectivity index (χ2v) is 12.0. The highest BCUT2D eigenvalue weighted by molar-refractivity contribution is 9.10. The molecule has 0 atom stereocenters. The summed E-state index contributed by atoms with van der Waals surface area (Å²) in [5.74, 6) is -0.0111. The summed E-state index contributed by atoms with van der Waals surface area (Å²) in [5, 5.41) is 4.13. The van der Waals surface area contributed by atoms with Gasteiger partial charge in [0.05, 0.1) is 23.4 Å². The number of aromatic nitrogens is 1. The Hall–Kier alpha value is -3.89. The predicted molar refractivity (Wildman–Crippen MR) is 162 cm³/mol. The molecule has 0 spiro atoms. The van der Waals surface area contributed by atoms with Crippen molar-refractivity contribution in [3.63, 3.8) is 0 Å². The molecule has 1 N–H and O–H groups in total. The molecule has 1 aromatic heterocycles. The largest absolute Gasteiger partial charge is 0.494 e. The lowest BCUT2D eigenvalue weighted by atomic mass is 10.2. The number of hydrogen-bond donors (Lipinski definition) is 1. The summed E-state index contributed by atoms with van der Waals surface area (Å²) in [7, 11) is -4.06. The van der Waals surface area contributed by atoms with E-state index < -0.39 is 22.5 Å². The molecule has 8 nitrogen and oxygen atoms in total. The number of hydrazone groups is 1. The van der Waals surface area contributed by atoms with Gasteiger partial charge in [-0.25, -0.2) is 13.8 Å². The van der Waals surface area contributed by atoms with Gasteiger partial charge in [0.1, 0.15) is 12.3 Å². The average molecular weight is 624 g/mol. The zero-order chi connectivity index (χ0) is 28.9. The number of halogens is 1. The van der Waals surface area contributed by atoms with Crippen molar-refractivity contribution in [2.75, 3.05) is 17.5 Å². The van der Waals surface area contributed by atoms with Crippen LogP contribution in [0.1, 0.15) is 29.4 Å². The Morgan fingerprint density at radius 3 is 2.27 bits per heavy atom. The molecule has 0 aliphatic rings. The molecule has 40 heavy (non-hydrogen) atoms. The molecule has 0 saturated heterocycles. The lowest BCUT2D eigenvalue weighted by Gasteiger charge is -2.24. The molecule has 0 fully saturated rings. The number of carbonyl (C=O) groups is 1. The fourth-order valence-corrected chi connectivity index (χ4v) is 5.96. The second-order valence-electron chi connectivity index (χ2n) is 9.18. The Morgan fingerprint density at radius 1 is 1.00 bits per heavy atom. The number of amides is 1. The molecule has 0 aliphatic carbocycles. The SMILES string of the molecule is CCOc1ccc(S(=O)(=O)N(CC(=O)N/N=C\c2cc(C)n(-c3ccc(Br)cc3)c2C)c2ccc(C)cc2)cc1. The van der Waals surface area contributed by atoms with Gasteiger partial charge < -0.3 is 9.30 Å². The van der Waals surface area contributed by atoms with E-state index in [-0.39, 0.29) is 4.90 Å². The van der Waals surface area contributed by atoms with Gasteiger partial charge in [-0.3, -0.25) is 9.10 Å². The van der Waals surface area contributed by atoms with Crippen LogP contribution in [0.3, 0.4) is 0 Å². The molecule has 0 bridgehead atoms. The van der Waals surface area contributed by atoms with Gasteiger partial charge in [-0.1, -0.05) is 33.6 Å². The second kappa shape index (κ2) is 12.5. The van der Waals surface area contributed by atoms with Crippen LogP contribution in [-0.2, 0) is 14.8 Å². The Labute approximate surface area is 243 Å². The first-order valence-corrected chi connectivity index (χ1v) is 14.9. The smallest absolute Gasteiger partial charge is 0.264 e. The highest BCUT2D eigenvalue weighted by Crippen LogP contribution is 2.26. The molecular weight excluding hydrogens is 592 g/mol. The quantitative estimate of drug-likeness (QED) is 0.176. The summed E-state index contributed by atoms with van der Waals surface area (Å²) in [6, 6.07) is 23.0. The number of nitrogens with zero attached hydrogens (tertiary/aromatic N) is 3. The lowest BCUT2D eigenvalue weighted by molar-refractivity contribution is -0.119. The molecule has 1 amide bonds. The minimum Gasteiger partial charge on any atom is -0.494 e. The monoisotopic (exact) mass is 622 g/mol. The van der Waals surface area contributed by atoms with Gasteiger partial charge in [0, 0.05) is 27.1 Å². The van der Waals surface area contributed by atoms with Gasteiger partial charge >= 0.3 is 0 Å². The van der Waals surface area contributed by atoms with E-state index in [1.165, 1.54) is 12.1 Å². The zero-order valence-electron chi connectivity index (χ0n) is 22.8. The first kappa shape index (κ1) is 29.1. The van der Waals surface area contributed by atoms with Gasteiger partial charge in [0.15, 0.2) is 0 Å². The predicted octanol–water partition coefficient (Wildman–Crippen LogP) is 5.91. The summed E-state index contributed by atoms with van der Waals surface area (Å²) in [6.07, 6.45) is 1.56. The van der Waals surface area contributed by atoms with Crippen LogP contribution in [0.4, 0.5) is 5.69 Å². The Kier molecular flexibility index (Phi) is 9.11. The summed E-state index contributed by atoms with van der Waals surface area (Å²) >= 11 is 3.46. The average Bonchev–Trinajstić information content (AvgIpc) is 3.21. The minimum absolute atomic E-state index is 0.0493. The van der Waals surface area contributed by atoms with Crippen LogP contribution in [0.5, 0.6) is 5.75 Å². The maximum absolute atomic E-state index is 13.6. The van der Waals surface area contributed by atoms with Crippen molar-refractivity contribution in [3.8, 4) is 11.4 Å². The number of carbonyl (C=O) groups excluding carboxylic acids is 1. The van der Waals surface area contributed by atoms with E-state index in [4.69, 9.17) is 4.74 Å². The molecule has 4 rings (SSSR count). The molecule has 208 valence electrons. The fourth-order valence-electron chi connectivity index (χ4n) is 4.27. The number of anilines is 1. The molecule has 4 aromatic rings. The molecule has 0 aliphatic heterocycles. The highest BCUT2D eigenvalue weighted by atomic mass is 79.9. The first-order chi connectivity index (χ1) is 19.1. The van der Waals surface area contributed by atoms with Crippen molar-refractivity contribution >= 4 is 43.8 Å². The standard InChI is InChI=1S/C30H31BrN4O4S/c1-5-39-28-14-16-29(17-15-28)40(37,38)34(26-10-6-21(2)7-11-26)20-30(36)33-32-19-24-18-22(3)35(23(24)4)27-12-8-25(31)9-13-27/h6-19H,5,20H2,1-4H3,(H,33,36)/b32-19-. The number of ether oxygens (including phenoxy) is 1. The Bertz CT molecular complexity index is 1610. The van der Waals surface area contributed by atoms with Crippen molar-refractivity contribution in [3.05, 3.63) is 106 Å². The summed E-state index contributed by atoms with van der Waals surface area (Å²) in [4.78, 5) is 13.0. The van der Waals surface area contributed by atoms with Gasteiger partial charge in [0.25, 0.3) is 15.9 Å². The van der Waals surface area contributed by atoms with Gasteiger partial charge in [0.2, 0.25) is 0 Å². The summed E-state index contributed by atoms with van der Waals surface area (Å²) < 4.78 is 36.8. The number of hydrogen-bond acceptors (Lipinski definition) is 5. The van der Waals surface area contributed by atoms with E-state index >= 15 is 0 Å². The minimum atomic E-state index is -4.06. The lowest BCUT2D eigenvalue weighted by Crippen LogP contribution is -2.39. The van der Waals surface area contributed by atoms with Crippen molar-refractivity contribution in [1.82, 2.24) is 9.99 Å². The summed E-state index contributed by atoms with van der Waals surface area (Å²) in [5.41, 5.74) is 7.64. The number of benzene rings is 3. The van der Waals surface area contributed by atoms with Crippen molar-refractivity contribution in [1.29, 1.82) is 0 Å². The van der Waals surface area contributed by atoms with Crippen LogP contribution >= 0.6 is 15.9 Å².